The molecule has 3 N–H and O–H groups in total. The first-order valence-corrected chi connectivity index (χ1v) is 4.90. The third-order valence-corrected chi connectivity index (χ3v) is 2.78. The third-order valence-electron chi connectivity index (χ3n) is 2.78. The fraction of sp³-hybridized carbons (Fsp3) is 0.364. The van der Waals surface area contributed by atoms with E-state index in [4.69, 9.17) is 5.11 Å². The number of phenolic OH excluding ortho intramolecular Hbond substituents is 1. The zero-order valence-electron chi connectivity index (χ0n) is 8.45. The second kappa shape index (κ2) is 3.55. The Labute approximate surface area is 87.6 Å². The molecule has 1 atom stereocenters. The lowest BCUT2D eigenvalue weighted by atomic mass is 9.93. The zero-order chi connectivity index (χ0) is 11.0. The Morgan fingerprint density at radius 1 is 1.53 bits per heavy atom. The Balaban J connectivity index is 2.46. The second-order valence-corrected chi connectivity index (χ2v) is 3.83. The van der Waals surface area contributed by atoms with Crippen LogP contribution in [-0.2, 0) is 0 Å². The van der Waals surface area contributed by atoms with Crippen LogP contribution in [0.4, 0.5) is 0 Å². The number of phenols is 1. The van der Waals surface area contributed by atoms with Gasteiger partial charge in [-0.15, -0.1) is 0 Å². The molecule has 2 rings (SSSR count). The summed E-state index contributed by atoms with van der Waals surface area (Å²) in [6.45, 7) is 2.63. The molecule has 0 spiro atoms. The number of benzene rings is 1. The Kier molecular flexibility index (Phi) is 2.36. The van der Waals surface area contributed by atoms with Crippen molar-refractivity contribution >= 4 is 5.97 Å². The molecule has 1 aromatic rings. The maximum atomic E-state index is 10.8. The molecule has 1 saturated heterocycles. The molecule has 0 aliphatic carbocycles. The first-order chi connectivity index (χ1) is 7.09. The van der Waals surface area contributed by atoms with Crippen LogP contribution in [-0.4, -0.2) is 22.7 Å². The number of carboxylic acids is 1. The Morgan fingerprint density at radius 2 is 2.20 bits per heavy atom. The van der Waals surface area contributed by atoms with E-state index in [1.165, 1.54) is 6.07 Å². The minimum absolute atomic E-state index is 0.1000. The van der Waals surface area contributed by atoms with Crippen LogP contribution < -0.4 is 5.32 Å². The van der Waals surface area contributed by atoms with Crippen LogP contribution in [0.3, 0.4) is 0 Å². The van der Waals surface area contributed by atoms with Crippen molar-refractivity contribution in [3.63, 3.8) is 0 Å². The van der Waals surface area contributed by atoms with Gasteiger partial charge < -0.3 is 15.5 Å². The van der Waals surface area contributed by atoms with Gasteiger partial charge in [-0.1, -0.05) is 0 Å². The molecular formula is C11H13NO3. The van der Waals surface area contributed by atoms with Gasteiger partial charge in [0.25, 0.3) is 0 Å². The highest BCUT2D eigenvalue weighted by Gasteiger charge is 2.23. The van der Waals surface area contributed by atoms with Crippen LogP contribution in [0.2, 0.25) is 0 Å². The lowest BCUT2D eigenvalue weighted by Gasteiger charge is -2.29. The molecular weight excluding hydrogens is 194 g/mol. The summed E-state index contributed by atoms with van der Waals surface area (Å²) in [5.74, 6) is -0.754. The summed E-state index contributed by atoms with van der Waals surface area (Å²) in [6, 6.07) is 3.13. The number of aromatic carboxylic acids is 1. The molecule has 1 aromatic carbocycles. The molecule has 0 bridgehead atoms. The van der Waals surface area contributed by atoms with Crippen LogP contribution in [0.5, 0.6) is 5.75 Å². The van der Waals surface area contributed by atoms with E-state index in [1.54, 1.807) is 13.0 Å². The van der Waals surface area contributed by atoms with E-state index in [9.17, 15) is 9.90 Å². The Morgan fingerprint density at radius 3 is 2.67 bits per heavy atom. The van der Waals surface area contributed by atoms with Crippen LogP contribution >= 0.6 is 0 Å². The largest absolute Gasteiger partial charge is 0.507 e. The smallest absolute Gasteiger partial charge is 0.335 e. The number of carbonyl (C=O) groups is 1. The number of hydrogen-bond donors (Lipinski definition) is 3. The number of hydrogen-bond acceptors (Lipinski definition) is 3. The van der Waals surface area contributed by atoms with E-state index in [2.05, 4.69) is 5.32 Å². The summed E-state index contributed by atoms with van der Waals surface area (Å²) in [5, 5.41) is 21.8. The van der Waals surface area contributed by atoms with E-state index in [0.717, 1.165) is 13.0 Å². The molecule has 0 saturated carbocycles. The van der Waals surface area contributed by atoms with Gasteiger partial charge in [-0.2, -0.15) is 0 Å². The standard InChI is InChI=1S/C11H13NO3/c1-6-4-7(11(14)15)5-8(10(6)13)9-2-3-12-9/h4-5,9,12-13H,2-3H2,1H3,(H,14,15)/t9-/m0/s1. The van der Waals surface area contributed by atoms with E-state index in [0.29, 0.717) is 11.1 Å². The maximum Gasteiger partial charge on any atom is 0.335 e. The van der Waals surface area contributed by atoms with Crippen molar-refractivity contribution in [3.05, 3.63) is 28.8 Å². The highest BCUT2D eigenvalue weighted by atomic mass is 16.4. The molecule has 80 valence electrons. The van der Waals surface area contributed by atoms with Crippen molar-refractivity contribution in [2.45, 2.75) is 19.4 Å². The summed E-state index contributed by atoms with van der Waals surface area (Å²) in [4.78, 5) is 10.8. The third kappa shape index (κ3) is 1.68. The van der Waals surface area contributed by atoms with E-state index in [1.807, 2.05) is 0 Å². The molecule has 4 nitrogen and oxygen atoms in total. The van der Waals surface area contributed by atoms with Crippen LogP contribution in [0.25, 0.3) is 0 Å². The molecule has 4 heteroatoms. The van der Waals surface area contributed by atoms with Crippen molar-refractivity contribution in [1.82, 2.24) is 5.32 Å². The van der Waals surface area contributed by atoms with Crippen molar-refractivity contribution in [1.29, 1.82) is 0 Å². The molecule has 0 aromatic heterocycles. The zero-order valence-corrected chi connectivity index (χ0v) is 8.45. The van der Waals surface area contributed by atoms with Gasteiger partial charge in [-0.25, -0.2) is 4.79 Å². The first-order valence-electron chi connectivity index (χ1n) is 4.90. The first kappa shape index (κ1) is 9.98. The number of nitrogens with one attached hydrogen (secondary N) is 1. The van der Waals surface area contributed by atoms with Crippen molar-refractivity contribution in [2.75, 3.05) is 6.54 Å². The minimum atomic E-state index is -0.960. The van der Waals surface area contributed by atoms with Crippen LogP contribution in [0.1, 0.15) is 33.9 Å². The highest BCUT2D eigenvalue weighted by Crippen LogP contribution is 2.33. The SMILES string of the molecule is Cc1cc(C(=O)O)cc([C@@H]2CCN2)c1O. The Hall–Kier alpha value is -1.55. The summed E-state index contributed by atoms with van der Waals surface area (Å²) in [6.07, 6.45) is 0.941. The quantitative estimate of drug-likeness (QED) is 0.686. The van der Waals surface area contributed by atoms with Gasteiger partial charge in [0.2, 0.25) is 0 Å². The van der Waals surface area contributed by atoms with Gasteiger partial charge in [0.05, 0.1) is 5.56 Å². The molecule has 1 aliphatic heterocycles. The number of aryl methyl sites for hydroxylation is 1. The minimum Gasteiger partial charge on any atom is -0.507 e. The van der Waals surface area contributed by atoms with E-state index < -0.39 is 5.97 Å². The molecule has 1 fully saturated rings. The molecule has 0 radical (unpaired) electrons. The van der Waals surface area contributed by atoms with Gasteiger partial charge in [0.15, 0.2) is 0 Å². The van der Waals surface area contributed by atoms with Crippen molar-refractivity contribution in [3.8, 4) is 5.75 Å². The summed E-state index contributed by atoms with van der Waals surface area (Å²) < 4.78 is 0. The van der Waals surface area contributed by atoms with Gasteiger partial charge in [0, 0.05) is 11.6 Å². The predicted molar refractivity (Wildman–Crippen MR) is 55.2 cm³/mol. The van der Waals surface area contributed by atoms with Crippen LogP contribution in [0.15, 0.2) is 12.1 Å². The molecule has 0 amide bonds. The second-order valence-electron chi connectivity index (χ2n) is 3.83. The van der Waals surface area contributed by atoms with E-state index >= 15 is 0 Å². The fourth-order valence-corrected chi connectivity index (χ4v) is 1.75. The Bertz CT molecular complexity index is 411. The topological polar surface area (TPSA) is 69.6 Å². The van der Waals surface area contributed by atoms with E-state index in [-0.39, 0.29) is 17.4 Å². The average Bonchev–Trinajstić information content (AvgIpc) is 2.09. The molecule has 1 aliphatic rings. The molecule has 1 heterocycles. The lowest BCUT2D eigenvalue weighted by molar-refractivity contribution is 0.0696. The fourth-order valence-electron chi connectivity index (χ4n) is 1.75. The number of aromatic hydroxyl groups is 1. The van der Waals surface area contributed by atoms with Gasteiger partial charge in [-0.3, -0.25) is 0 Å². The highest BCUT2D eigenvalue weighted by molar-refractivity contribution is 5.88. The maximum absolute atomic E-state index is 10.8. The predicted octanol–water partition coefficient (Wildman–Crippen LogP) is 1.43. The summed E-state index contributed by atoms with van der Waals surface area (Å²) >= 11 is 0. The van der Waals surface area contributed by atoms with Crippen molar-refractivity contribution in [2.24, 2.45) is 0 Å². The normalized spacial score (nSPS) is 19.7. The number of carboxylic acid groups (broad SMARTS) is 1. The van der Waals surface area contributed by atoms with Crippen molar-refractivity contribution < 1.29 is 15.0 Å². The monoisotopic (exact) mass is 207 g/mol. The van der Waals surface area contributed by atoms with Gasteiger partial charge >= 0.3 is 5.97 Å². The van der Waals surface area contributed by atoms with Gasteiger partial charge in [-0.05, 0) is 37.6 Å². The lowest BCUT2D eigenvalue weighted by Crippen LogP contribution is -2.35. The molecule has 0 unspecified atom stereocenters. The van der Waals surface area contributed by atoms with Gasteiger partial charge in [0.1, 0.15) is 5.75 Å². The summed E-state index contributed by atoms with van der Waals surface area (Å²) in [5.41, 5.74) is 1.53. The number of rotatable bonds is 2. The molecule has 15 heavy (non-hydrogen) atoms. The average molecular weight is 207 g/mol. The summed E-state index contributed by atoms with van der Waals surface area (Å²) in [7, 11) is 0. The van der Waals surface area contributed by atoms with Crippen LogP contribution in [0, 0.1) is 6.92 Å².